The van der Waals surface area contributed by atoms with Gasteiger partial charge in [-0.2, -0.15) is 0 Å². The normalized spacial score (nSPS) is 16.6. The molecule has 1 aromatic heterocycles. The zero-order valence-electron chi connectivity index (χ0n) is 14.3. The first-order chi connectivity index (χ1) is 11.8. The van der Waals surface area contributed by atoms with Gasteiger partial charge < -0.3 is 9.84 Å². The molecule has 0 bridgehead atoms. The summed E-state index contributed by atoms with van der Waals surface area (Å²) in [5.41, 5.74) is 2.68. The highest BCUT2D eigenvalue weighted by molar-refractivity contribution is 7.92. The van der Waals surface area contributed by atoms with E-state index < -0.39 is 10.0 Å². The fourth-order valence-corrected chi connectivity index (χ4v) is 4.64. The molecule has 0 radical (unpaired) electrons. The van der Waals surface area contributed by atoms with Gasteiger partial charge in [0.2, 0.25) is 15.9 Å². The van der Waals surface area contributed by atoms with Crippen molar-refractivity contribution in [2.75, 3.05) is 21.9 Å². The molecule has 0 saturated carbocycles. The second-order valence-corrected chi connectivity index (χ2v) is 8.26. The van der Waals surface area contributed by atoms with Crippen LogP contribution in [0.15, 0.2) is 28.8 Å². The van der Waals surface area contributed by atoms with Crippen LogP contribution in [0.2, 0.25) is 0 Å². The van der Waals surface area contributed by atoms with E-state index in [0.29, 0.717) is 35.8 Å². The van der Waals surface area contributed by atoms with Gasteiger partial charge in [0.05, 0.1) is 23.6 Å². The highest BCUT2D eigenvalue weighted by atomic mass is 32.2. The Morgan fingerprint density at radius 2 is 2.08 bits per heavy atom. The van der Waals surface area contributed by atoms with Crippen LogP contribution in [0.4, 0.5) is 11.4 Å². The van der Waals surface area contributed by atoms with E-state index in [9.17, 15) is 13.2 Å². The van der Waals surface area contributed by atoms with Crippen molar-refractivity contribution in [1.29, 1.82) is 0 Å². The third-order valence-electron chi connectivity index (χ3n) is 4.12. The second kappa shape index (κ2) is 6.87. The van der Waals surface area contributed by atoms with Gasteiger partial charge in [-0.15, -0.1) is 0 Å². The van der Waals surface area contributed by atoms with E-state index in [2.05, 4.69) is 10.5 Å². The van der Waals surface area contributed by atoms with Crippen LogP contribution in [0.25, 0.3) is 0 Å². The Balaban J connectivity index is 1.72. The van der Waals surface area contributed by atoms with E-state index in [1.807, 2.05) is 6.92 Å². The molecule has 7 nitrogen and oxygen atoms in total. The standard InChI is InChI=1S/C17H21N3O4S/c1-12-9-14(18-17(21)11-15-10-13(2)24-19-15)5-6-16(12)20-7-3-4-8-25(20,22)23/h5-6,9-10H,3-4,7-8,11H2,1-2H3,(H,18,21). The molecule has 3 rings (SSSR count). The molecule has 25 heavy (non-hydrogen) atoms. The molecule has 1 amide bonds. The lowest BCUT2D eigenvalue weighted by molar-refractivity contribution is -0.115. The Morgan fingerprint density at radius 1 is 1.28 bits per heavy atom. The monoisotopic (exact) mass is 363 g/mol. The summed E-state index contributed by atoms with van der Waals surface area (Å²) in [5, 5.41) is 6.60. The third kappa shape index (κ3) is 4.01. The van der Waals surface area contributed by atoms with E-state index in [1.54, 1.807) is 31.2 Å². The fourth-order valence-electron chi connectivity index (χ4n) is 2.94. The highest BCUT2D eigenvalue weighted by Gasteiger charge is 2.27. The second-order valence-electron chi connectivity index (χ2n) is 6.25. The van der Waals surface area contributed by atoms with Crippen LogP contribution >= 0.6 is 0 Å². The molecule has 0 aliphatic carbocycles. The van der Waals surface area contributed by atoms with Crippen LogP contribution in [-0.4, -0.2) is 31.8 Å². The first-order valence-corrected chi connectivity index (χ1v) is 9.79. The molecule has 0 unspecified atom stereocenters. The van der Waals surface area contributed by atoms with Crippen LogP contribution in [0.5, 0.6) is 0 Å². The predicted octanol–water partition coefficient (Wildman–Crippen LogP) is 2.40. The highest BCUT2D eigenvalue weighted by Crippen LogP contribution is 2.28. The molecule has 134 valence electrons. The van der Waals surface area contributed by atoms with Crippen LogP contribution in [0.1, 0.15) is 29.9 Å². The van der Waals surface area contributed by atoms with Gasteiger partial charge >= 0.3 is 0 Å². The minimum atomic E-state index is -3.25. The lowest BCUT2D eigenvalue weighted by Crippen LogP contribution is -2.38. The molecule has 2 aromatic rings. The van der Waals surface area contributed by atoms with E-state index in [4.69, 9.17) is 4.52 Å². The number of nitrogens with zero attached hydrogens (tertiary/aromatic N) is 2. The van der Waals surface area contributed by atoms with Crippen molar-refractivity contribution in [3.8, 4) is 0 Å². The molecule has 8 heteroatoms. The summed E-state index contributed by atoms with van der Waals surface area (Å²) in [7, 11) is -3.25. The average molecular weight is 363 g/mol. The minimum Gasteiger partial charge on any atom is -0.361 e. The molecule has 1 N–H and O–H groups in total. The molecule has 1 aliphatic heterocycles. The van der Waals surface area contributed by atoms with E-state index in [1.165, 1.54) is 4.31 Å². The van der Waals surface area contributed by atoms with Crippen molar-refractivity contribution in [2.45, 2.75) is 33.1 Å². The summed E-state index contributed by atoms with van der Waals surface area (Å²) in [5.74, 6) is 0.638. The number of hydrogen-bond acceptors (Lipinski definition) is 5. The van der Waals surface area contributed by atoms with Crippen LogP contribution < -0.4 is 9.62 Å². The third-order valence-corrected chi connectivity index (χ3v) is 5.97. The first-order valence-electron chi connectivity index (χ1n) is 8.18. The molecular formula is C17H21N3O4S. The average Bonchev–Trinajstić information content (AvgIpc) is 2.93. The van der Waals surface area contributed by atoms with Gasteiger partial charge in [-0.3, -0.25) is 9.10 Å². The molecule has 0 atom stereocenters. The number of amides is 1. The first kappa shape index (κ1) is 17.5. The number of aromatic nitrogens is 1. The number of sulfonamides is 1. The number of carbonyl (C=O) groups excluding carboxylic acids is 1. The van der Waals surface area contributed by atoms with Crippen LogP contribution in [0.3, 0.4) is 0 Å². The van der Waals surface area contributed by atoms with Gasteiger partial charge in [-0.1, -0.05) is 5.16 Å². The molecular weight excluding hydrogens is 342 g/mol. The van der Waals surface area contributed by atoms with Crippen LogP contribution in [-0.2, 0) is 21.2 Å². The lowest BCUT2D eigenvalue weighted by Gasteiger charge is -2.29. The number of nitrogens with one attached hydrogen (secondary N) is 1. The maximum Gasteiger partial charge on any atom is 0.235 e. The minimum absolute atomic E-state index is 0.124. The molecule has 1 aromatic carbocycles. The largest absolute Gasteiger partial charge is 0.361 e. The quantitative estimate of drug-likeness (QED) is 0.900. The predicted molar refractivity (Wildman–Crippen MR) is 95.1 cm³/mol. The van der Waals surface area contributed by atoms with Gasteiger partial charge in [-0.25, -0.2) is 8.42 Å². The fraction of sp³-hybridized carbons (Fsp3) is 0.412. The zero-order chi connectivity index (χ0) is 18.0. The smallest absolute Gasteiger partial charge is 0.235 e. The van der Waals surface area contributed by atoms with Gasteiger partial charge in [0.25, 0.3) is 0 Å². The van der Waals surface area contributed by atoms with Gasteiger partial charge in [0, 0.05) is 18.3 Å². The summed E-state index contributed by atoms with van der Waals surface area (Å²) in [4.78, 5) is 12.1. The van der Waals surface area contributed by atoms with Crippen molar-refractivity contribution in [3.05, 3.63) is 41.3 Å². The van der Waals surface area contributed by atoms with Crippen molar-refractivity contribution >= 4 is 27.3 Å². The molecule has 1 saturated heterocycles. The van der Waals surface area contributed by atoms with Crippen molar-refractivity contribution in [3.63, 3.8) is 0 Å². The maximum atomic E-state index is 12.2. The summed E-state index contributed by atoms with van der Waals surface area (Å²) in [6.07, 6.45) is 1.68. The van der Waals surface area contributed by atoms with Crippen molar-refractivity contribution in [2.24, 2.45) is 0 Å². The lowest BCUT2D eigenvalue weighted by atomic mass is 10.1. The Labute approximate surface area is 147 Å². The van der Waals surface area contributed by atoms with E-state index in [0.717, 1.165) is 12.0 Å². The van der Waals surface area contributed by atoms with Gasteiger partial charge in [0.15, 0.2) is 0 Å². The number of carbonyl (C=O) groups is 1. The number of benzene rings is 1. The van der Waals surface area contributed by atoms with Crippen LogP contribution in [0, 0.1) is 13.8 Å². The summed E-state index contributed by atoms with van der Waals surface area (Å²) in [6, 6.07) is 6.97. The summed E-state index contributed by atoms with van der Waals surface area (Å²) in [6.45, 7) is 4.11. The summed E-state index contributed by atoms with van der Waals surface area (Å²) >= 11 is 0. The Hall–Kier alpha value is -2.35. The number of hydrogen-bond donors (Lipinski definition) is 1. The molecule has 0 spiro atoms. The number of rotatable bonds is 4. The Morgan fingerprint density at radius 3 is 2.72 bits per heavy atom. The topological polar surface area (TPSA) is 92.5 Å². The SMILES string of the molecule is Cc1cc(CC(=O)Nc2ccc(N3CCCCS3(=O)=O)c(C)c2)no1. The molecule has 2 heterocycles. The Bertz CT molecular complexity index is 889. The molecule has 1 aliphatic rings. The Kier molecular flexibility index (Phi) is 4.80. The number of aryl methyl sites for hydroxylation is 2. The van der Waals surface area contributed by atoms with Crippen molar-refractivity contribution < 1.29 is 17.7 Å². The number of anilines is 2. The zero-order valence-corrected chi connectivity index (χ0v) is 15.1. The van der Waals surface area contributed by atoms with Gasteiger partial charge in [0.1, 0.15) is 5.76 Å². The summed E-state index contributed by atoms with van der Waals surface area (Å²) < 4.78 is 30.9. The van der Waals surface area contributed by atoms with Crippen molar-refractivity contribution in [1.82, 2.24) is 5.16 Å². The maximum absolute atomic E-state index is 12.2. The van der Waals surface area contributed by atoms with E-state index in [-0.39, 0.29) is 18.1 Å². The molecule has 1 fully saturated rings. The van der Waals surface area contributed by atoms with E-state index >= 15 is 0 Å². The van der Waals surface area contributed by atoms with Gasteiger partial charge in [-0.05, 0) is 50.5 Å².